The Bertz CT molecular complexity index is 2130. The number of piperazine rings is 1. The van der Waals surface area contributed by atoms with Gasteiger partial charge in [0.15, 0.2) is 11.6 Å². The number of pyridine rings is 1. The molecule has 48 heavy (non-hydrogen) atoms. The number of aliphatic hydroxyl groups is 1. The summed E-state index contributed by atoms with van der Waals surface area (Å²) in [6, 6.07) is 21.8. The van der Waals surface area contributed by atoms with E-state index in [0.29, 0.717) is 30.8 Å². The van der Waals surface area contributed by atoms with E-state index in [9.17, 15) is 37.1 Å². The number of rotatable bonds is 8. The van der Waals surface area contributed by atoms with Crippen molar-refractivity contribution in [2.75, 3.05) is 31.1 Å². The molecular formula is C37H29F4N3O4. The molecule has 0 spiro atoms. The van der Waals surface area contributed by atoms with Gasteiger partial charge in [-0.2, -0.15) is 0 Å². The van der Waals surface area contributed by atoms with Crippen molar-refractivity contribution in [1.29, 1.82) is 0 Å². The number of benzene rings is 4. The lowest BCUT2D eigenvalue weighted by atomic mass is 10.0. The van der Waals surface area contributed by atoms with Gasteiger partial charge in [-0.15, -0.1) is 0 Å². The maximum atomic E-state index is 14.5. The number of anilines is 1. The van der Waals surface area contributed by atoms with E-state index >= 15 is 0 Å². The quantitative estimate of drug-likeness (QED) is 0.0728. The molecule has 244 valence electrons. The summed E-state index contributed by atoms with van der Waals surface area (Å²) in [4.78, 5) is 43.1. The van der Waals surface area contributed by atoms with E-state index in [-0.39, 0.29) is 25.2 Å². The van der Waals surface area contributed by atoms with Crippen LogP contribution >= 0.6 is 0 Å². The minimum atomic E-state index is -1.42. The third-order valence-corrected chi connectivity index (χ3v) is 8.33. The Morgan fingerprint density at radius 3 is 2.27 bits per heavy atom. The van der Waals surface area contributed by atoms with Crippen LogP contribution in [0.5, 0.6) is 0 Å². The summed E-state index contributed by atoms with van der Waals surface area (Å²) in [5, 5.41) is 13.1. The summed E-state index contributed by atoms with van der Waals surface area (Å²) in [6.07, 6.45) is 1.36. The second-order valence-corrected chi connectivity index (χ2v) is 11.5. The van der Waals surface area contributed by atoms with Crippen LogP contribution in [-0.2, 0) is 22.6 Å². The van der Waals surface area contributed by atoms with E-state index in [4.69, 9.17) is 0 Å². The van der Waals surface area contributed by atoms with Crippen LogP contribution in [0.3, 0.4) is 0 Å². The molecule has 1 aliphatic rings. The van der Waals surface area contributed by atoms with E-state index in [1.54, 1.807) is 6.07 Å². The molecule has 1 aliphatic heterocycles. The third kappa shape index (κ3) is 6.71. The molecule has 4 aromatic carbocycles. The van der Waals surface area contributed by atoms with Gasteiger partial charge >= 0.3 is 0 Å². The molecule has 0 saturated carbocycles. The Morgan fingerprint density at radius 2 is 1.50 bits per heavy atom. The second-order valence-electron chi connectivity index (χ2n) is 11.5. The molecule has 2 heterocycles. The Balaban J connectivity index is 1.25. The Labute approximate surface area is 272 Å². The number of halogens is 4. The molecule has 5 aromatic rings. The minimum Gasteiger partial charge on any atom is -0.507 e. The van der Waals surface area contributed by atoms with Crippen molar-refractivity contribution in [2.24, 2.45) is 0 Å². The first-order valence-corrected chi connectivity index (χ1v) is 15.2. The smallest absolute Gasteiger partial charge is 0.294 e. The van der Waals surface area contributed by atoms with Crippen LogP contribution < -0.4 is 10.5 Å². The lowest BCUT2D eigenvalue weighted by Crippen LogP contribution is -2.50. The van der Waals surface area contributed by atoms with E-state index in [2.05, 4.69) is 4.90 Å². The van der Waals surface area contributed by atoms with Gasteiger partial charge in [0, 0.05) is 61.5 Å². The molecule has 0 unspecified atom stereocenters. The zero-order chi connectivity index (χ0) is 33.9. The monoisotopic (exact) mass is 655 g/mol. The Morgan fingerprint density at radius 1 is 0.792 bits per heavy atom. The first-order chi connectivity index (χ1) is 23.1. The van der Waals surface area contributed by atoms with Crippen molar-refractivity contribution in [3.05, 3.63) is 153 Å². The van der Waals surface area contributed by atoms with Crippen molar-refractivity contribution in [2.45, 2.75) is 13.0 Å². The summed E-state index contributed by atoms with van der Waals surface area (Å²) in [5.74, 6) is -7.08. The highest BCUT2D eigenvalue weighted by Crippen LogP contribution is 2.28. The molecular weight excluding hydrogens is 626 g/mol. The molecule has 0 bridgehead atoms. The molecule has 0 radical (unpaired) electrons. The number of ketones is 1. The van der Waals surface area contributed by atoms with Gasteiger partial charge in [0.25, 0.3) is 11.5 Å². The van der Waals surface area contributed by atoms with Gasteiger partial charge in [-0.05, 0) is 52.9 Å². The summed E-state index contributed by atoms with van der Waals surface area (Å²) in [5.41, 5.74) is -0.428. The molecule has 6 rings (SSSR count). The van der Waals surface area contributed by atoms with Crippen LogP contribution in [0.25, 0.3) is 16.5 Å². The second kappa shape index (κ2) is 13.6. The van der Waals surface area contributed by atoms with Crippen molar-refractivity contribution in [3.8, 4) is 0 Å². The SMILES string of the molecule is O=C(C=C(O)c1cc(Cc2c(F)ccc(F)c2F)cn(Cc2cccc(F)c2)c1=O)C(=O)N1CCN(c2cccc3ccccc23)CC1. The molecule has 7 nitrogen and oxygen atoms in total. The summed E-state index contributed by atoms with van der Waals surface area (Å²) >= 11 is 0. The van der Waals surface area contributed by atoms with Crippen LogP contribution in [0.1, 0.15) is 22.3 Å². The topological polar surface area (TPSA) is 82.8 Å². The lowest BCUT2D eigenvalue weighted by molar-refractivity contribution is -0.142. The Hall–Kier alpha value is -5.71. The maximum Gasteiger partial charge on any atom is 0.294 e. The number of aromatic nitrogens is 1. The zero-order valence-electron chi connectivity index (χ0n) is 25.5. The van der Waals surface area contributed by atoms with E-state index in [1.165, 1.54) is 29.3 Å². The van der Waals surface area contributed by atoms with E-state index in [0.717, 1.165) is 33.2 Å². The van der Waals surface area contributed by atoms with E-state index < -0.39 is 63.8 Å². The first-order valence-electron chi connectivity index (χ1n) is 15.2. The van der Waals surface area contributed by atoms with Gasteiger partial charge in [0.2, 0.25) is 5.78 Å². The van der Waals surface area contributed by atoms with Crippen molar-refractivity contribution < 1.29 is 32.3 Å². The summed E-state index contributed by atoms with van der Waals surface area (Å²) in [6.45, 7) is 1.20. The van der Waals surface area contributed by atoms with Crippen molar-refractivity contribution in [3.63, 3.8) is 0 Å². The molecule has 0 aliphatic carbocycles. The van der Waals surface area contributed by atoms with Crippen LogP contribution in [-0.4, -0.2) is 52.4 Å². The van der Waals surface area contributed by atoms with Gasteiger partial charge in [-0.3, -0.25) is 14.4 Å². The highest BCUT2D eigenvalue weighted by molar-refractivity contribution is 6.41. The molecule has 1 saturated heterocycles. The summed E-state index contributed by atoms with van der Waals surface area (Å²) in [7, 11) is 0. The number of hydrogen-bond donors (Lipinski definition) is 1. The summed E-state index contributed by atoms with van der Waals surface area (Å²) < 4.78 is 57.9. The first kappa shape index (κ1) is 32.2. The zero-order valence-corrected chi connectivity index (χ0v) is 25.5. The van der Waals surface area contributed by atoms with Gasteiger partial charge in [-0.25, -0.2) is 17.6 Å². The minimum absolute atomic E-state index is 0.0766. The number of carbonyl (C=O) groups excluding carboxylic acids is 2. The highest BCUT2D eigenvalue weighted by atomic mass is 19.2. The molecule has 1 aromatic heterocycles. The standard InChI is InChI=1S/C37H29F4N3O4/c38-26-8-3-5-23(17-26)21-44-22-24(18-28-30(39)11-12-31(40)35(28)41)19-29(36(44)47)33(45)20-34(46)37(48)43-15-13-42(14-16-43)32-10-4-7-25-6-1-2-9-27(25)32/h1-12,17,19-20,22,45H,13-16,18,21H2. The predicted molar refractivity (Wildman–Crippen MR) is 174 cm³/mol. The fraction of sp³-hybridized carbons (Fsp3) is 0.162. The average molecular weight is 656 g/mol. The average Bonchev–Trinajstić information content (AvgIpc) is 3.09. The van der Waals surface area contributed by atoms with Crippen LogP contribution in [0.4, 0.5) is 23.2 Å². The number of carbonyl (C=O) groups is 2. The van der Waals surface area contributed by atoms with Gasteiger partial charge in [-0.1, -0.05) is 48.5 Å². The van der Waals surface area contributed by atoms with Crippen LogP contribution in [0.2, 0.25) is 0 Å². The largest absolute Gasteiger partial charge is 0.507 e. The third-order valence-electron chi connectivity index (χ3n) is 8.33. The molecule has 1 N–H and O–H groups in total. The number of amides is 1. The van der Waals surface area contributed by atoms with Crippen LogP contribution in [0, 0.1) is 23.3 Å². The normalized spacial score (nSPS) is 13.6. The molecule has 1 amide bonds. The molecule has 1 fully saturated rings. The fourth-order valence-electron chi connectivity index (χ4n) is 5.92. The van der Waals surface area contributed by atoms with Gasteiger partial charge in [0.1, 0.15) is 17.4 Å². The number of hydrogen-bond acceptors (Lipinski definition) is 5. The predicted octanol–water partition coefficient (Wildman–Crippen LogP) is 6.01. The van der Waals surface area contributed by atoms with Gasteiger partial charge in [0.05, 0.1) is 12.1 Å². The highest BCUT2D eigenvalue weighted by Gasteiger charge is 2.27. The van der Waals surface area contributed by atoms with Crippen molar-refractivity contribution in [1.82, 2.24) is 9.47 Å². The molecule has 0 atom stereocenters. The van der Waals surface area contributed by atoms with Crippen molar-refractivity contribution >= 4 is 33.9 Å². The van der Waals surface area contributed by atoms with E-state index in [1.807, 2.05) is 42.5 Å². The maximum absolute atomic E-state index is 14.5. The van der Waals surface area contributed by atoms with Crippen LogP contribution in [0.15, 0.2) is 102 Å². The number of fused-ring (bicyclic) bond motifs is 1. The molecule has 11 heteroatoms. The fourth-order valence-corrected chi connectivity index (χ4v) is 5.92. The number of nitrogens with zero attached hydrogens (tertiary/aromatic N) is 3. The Kier molecular flexibility index (Phi) is 9.11. The number of aliphatic hydroxyl groups excluding tert-OH is 1. The van der Waals surface area contributed by atoms with Gasteiger partial charge < -0.3 is 19.5 Å². The lowest BCUT2D eigenvalue weighted by Gasteiger charge is -2.36.